The van der Waals surface area contributed by atoms with Crippen molar-refractivity contribution in [3.05, 3.63) is 5.92 Å². The van der Waals surface area contributed by atoms with Crippen LogP contribution in [0.5, 0.6) is 0 Å². The van der Waals surface area contributed by atoms with Crippen molar-refractivity contribution in [2.24, 2.45) is 5.41 Å². The highest BCUT2D eigenvalue weighted by Crippen LogP contribution is 2.22. The molecular formula is C17H35. The third kappa shape index (κ3) is 16.0. The van der Waals surface area contributed by atoms with Crippen LogP contribution >= 0.6 is 0 Å². The van der Waals surface area contributed by atoms with E-state index in [1.807, 2.05) is 0 Å². The van der Waals surface area contributed by atoms with Crippen molar-refractivity contribution >= 4 is 0 Å². The second kappa shape index (κ2) is 9.97. The predicted octanol–water partition coefficient (Wildman–Crippen LogP) is 6.55. The molecule has 0 aromatic rings. The lowest BCUT2D eigenvalue weighted by Gasteiger charge is -2.17. The van der Waals surface area contributed by atoms with E-state index in [9.17, 15) is 0 Å². The van der Waals surface area contributed by atoms with Gasteiger partial charge >= 0.3 is 0 Å². The van der Waals surface area contributed by atoms with Crippen molar-refractivity contribution in [3.8, 4) is 0 Å². The fraction of sp³-hybridized carbons (Fsp3) is 0.941. The van der Waals surface area contributed by atoms with E-state index in [1.54, 1.807) is 5.92 Å². The maximum Gasteiger partial charge on any atom is -0.0303 e. The minimum absolute atomic E-state index is 0.536. The molecule has 0 aromatic heterocycles. The van der Waals surface area contributed by atoms with Crippen LogP contribution in [0.4, 0.5) is 0 Å². The lowest BCUT2D eigenvalue weighted by Crippen LogP contribution is -2.03. The number of unbranched alkanes of at least 4 members (excludes halogenated alkanes) is 7. The Hall–Kier alpha value is 0. The van der Waals surface area contributed by atoms with E-state index < -0.39 is 0 Å². The quantitative estimate of drug-likeness (QED) is 0.379. The monoisotopic (exact) mass is 239 g/mol. The van der Waals surface area contributed by atoms with E-state index >= 15 is 0 Å². The van der Waals surface area contributed by atoms with Crippen molar-refractivity contribution in [2.45, 2.75) is 98.8 Å². The highest BCUT2D eigenvalue weighted by Gasteiger charge is 2.08. The van der Waals surface area contributed by atoms with Gasteiger partial charge in [0.05, 0.1) is 0 Å². The number of hydrogen-bond donors (Lipinski definition) is 0. The zero-order valence-electron chi connectivity index (χ0n) is 13.1. The van der Waals surface area contributed by atoms with Crippen LogP contribution < -0.4 is 0 Å². The van der Waals surface area contributed by atoms with E-state index in [0.29, 0.717) is 5.41 Å². The van der Waals surface area contributed by atoms with Gasteiger partial charge in [-0.25, -0.2) is 0 Å². The minimum atomic E-state index is 0.536. The van der Waals surface area contributed by atoms with Crippen LogP contribution in [0.1, 0.15) is 98.8 Å². The van der Waals surface area contributed by atoms with Gasteiger partial charge in [-0.1, -0.05) is 86.0 Å². The van der Waals surface area contributed by atoms with Gasteiger partial charge in [-0.2, -0.15) is 0 Å². The van der Waals surface area contributed by atoms with Crippen LogP contribution in [0.2, 0.25) is 0 Å². The largest absolute Gasteiger partial charge is 0.0602 e. The van der Waals surface area contributed by atoms with Gasteiger partial charge in [-0.05, 0) is 24.2 Å². The molecular weight excluding hydrogens is 204 g/mol. The molecule has 0 fully saturated rings. The lowest BCUT2D eigenvalue weighted by molar-refractivity contribution is 0.356. The predicted molar refractivity (Wildman–Crippen MR) is 80.2 cm³/mol. The molecule has 0 unspecified atom stereocenters. The Kier molecular flexibility index (Phi) is 9.97. The second-order valence-electron chi connectivity index (χ2n) is 7.10. The normalized spacial score (nSPS) is 12.4. The van der Waals surface area contributed by atoms with Crippen molar-refractivity contribution in [1.82, 2.24) is 0 Å². The van der Waals surface area contributed by atoms with Gasteiger partial charge < -0.3 is 0 Å². The molecule has 0 atom stereocenters. The Morgan fingerprint density at radius 1 is 0.647 bits per heavy atom. The molecule has 0 heterocycles. The van der Waals surface area contributed by atoms with E-state index in [4.69, 9.17) is 0 Å². The van der Waals surface area contributed by atoms with Crippen molar-refractivity contribution in [1.29, 1.82) is 0 Å². The zero-order chi connectivity index (χ0) is 13.1. The van der Waals surface area contributed by atoms with Gasteiger partial charge in [0, 0.05) is 0 Å². The van der Waals surface area contributed by atoms with Crippen LogP contribution in [-0.4, -0.2) is 0 Å². The molecule has 0 amide bonds. The van der Waals surface area contributed by atoms with Gasteiger partial charge in [0.15, 0.2) is 0 Å². The summed E-state index contributed by atoms with van der Waals surface area (Å²) in [6.07, 6.45) is 14.3. The van der Waals surface area contributed by atoms with Gasteiger partial charge in [0.2, 0.25) is 0 Å². The molecule has 0 saturated carbocycles. The van der Waals surface area contributed by atoms with E-state index in [2.05, 4.69) is 34.6 Å². The molecule has 1 radical (unpaired) electrons. The average molecular weight is 239 g/mol. The molecule has 0 nitrogen and oxygen atoms in total. The molecule has 0 heteroatoms. The van der Waals surface area contributed by atoms with E-state index in [1.165, 1.54) is 64.2 Å². The summed E-state index contributed by atoms with van der Waals surface area (Å²) in [6.45, 7) is 11.5. The maximum absolute atomic E-state index is 2.35. The van der Waals surface area contributed by atoms with Crippen LogP contribution in [0.3, 0.4) is 0 Å². The summed E-state index contributed by atoms with van der Waals surface area (Å²) >= 11 is 0. The summed E-state index contributed by atoms with van der Waals surface area (Å²) in [7, 11) is 0. The molecule has 103 valence electrons. The molecule has 17 heavy (non-hydrogen) atoms. The van der Waals surface area contributed by atoms with Crippen LogP contribution in [0.25, 0.3) is 0 Å². The van der Waals surface area contributed by atoms with Crippen LogP contribution in [-0.2, 0) is 0 Å². The Labute approximate surface area is 111 Å². The molecule has 0 N–H and O–H groups in total. The van der Waals surface area contributed by atoms with E-state index in [0.717, 1.165) is 0 Å². The molecule has 0 saturated heterocycles. The number of hydrogen-bond acceptors (Lipinski definition) is 0. The smallest absolute Gasteiger partial charge is 0.0303 e. The Bertz CT molecular complexity index is 150. The molecule has 0 rings (SSSR count). The second-order valence-corrected chi connectivity index (χ2v) is 7.10. The first kappa shape index (κ1) is 17.0. The molecule has 0 aliphatic heterocycles. The standard InChI is InChI=1S/C17H35/c1-16(2)14-12-10-8-6-7-9-11-13-15-17(3,4)5/h6-15H2,1-5H3. The molecule has 0 aliphatic rings. The summed E-state index contributed by atoms with van der Waals surface area (Å²) in [5.74, 6) is 1.59. The van der Waals surface area contributed by atoms with Crippen molar-refractivity contribution in [2.75, 3.05) is 0 Å². The van der Waals surface area contributed by atoms with Crippen molar-refractivity contribution in [3.63, 3.8) is 0 Å². The molecule has 0 aliphatic carbocycles. The van der Waals surface area contributed by atoms with Gasteiger partial charge in [0.25, 0.3) is 0 Å². The fourth-order valence-corrected chi connectivity index (χ4v) is 2.19. The third-order valence-corrected chi connectivity index (χ3v) is 3.35. The first-order valence-corrected chi connectivity index (χ1v) is 7.71. The summed E-state index contributed by atoms with van der Waals surface area (Å²) in [6, 6.07) is 0. The fourth-order valence-electron chi connectivity index (χ4n) is 2.19. The first-order valence-electron chi connectivity index (χ1n) is 7.71. The summed E-state index contributed by atoms with van der Waals surface area (Å²) in [4.78, 5) is 0. The third-order valence-electron chi connectivity index (χ3n) is 3.35. The average Bonchev–Trinajstić information content (AvgIpc) is 2.18. The molecule has 0 aromatic carbocycles. The summed E-state index contributed by atoms with van der Waals surface area (Å²) < 4.78 is 0. The maximum atomic E-state index is 2.35. The summed E-state index contributed by atoms with van der Waals surface area (Å²) in [5, 5.41) is 0. The lowest BCUT2D eigenvalue weighted by atomic mass is 9.89. The topological polar surface area (TPSA) is 0 Å². The van der Waals surface area contributed by atoms with Crippen LogP contribution in [0.15, 0.2) is 0 Å². The van der Waals surface area contributed by atoms with Gasteiger partial charge in [0.1, 0.15) is 0 Å². The highest BCUT2D eigenvalue weighted by atomic mass is 14.1. The summed E-state index contributed by atoms with van der Waals surface area (Å²) in [5.41, 5.74) is 0.536. The Morgan fingerprint density at radius 2 is 1.06 bits per heavy atom. The van der Waals surface area contributed by atoms with Gasteiger partial charge in [-0.15, -0.1) is 0 Å². The van der Waals surface area contributed by atoms with Gasteiger partial charge in [-0.3, -0.25) is 0 Å². The SMILES string of the molecule is C[C](C)CCCCCCCCCCC(C)(C)C. The Balaban J connectivity index is 3.04. The highest BCUT2D eigenvalue weighted by molar-refractivity contribution is 4.75. The minimum Gasteiger partial charge on any atom is -0.0602 e. The van der Waals surface area contributed by atoms with E-state index in [-0.39, 0.29) is 0 Å². The molecule has 0 bridgehead atoms. The number of rotatable bonds is 10. The van der Waals surface area contributed by atoms with Crippen LogP contribution in [0, 0.1) is 11.3 Å². The molecule has 0 spiro atoms. The Morgan fingerprint density at radius 3 is 1.47 bits per heavy atom. The first-order chi connectivity index (χ1) is 7.92. The van der Waals surface area contributed by atoms with Crippen molar-refractivity contribution < 1.29 is 0 Å². The zero-order valence-corrected chi connectivity index (χ0v) is 13.1.